The molecule has 0 rings (SSSR count). The fourth-order valence-electron chi connectivity index (χ4n) is 0.948. The van der Waals surface area contributed by atoms with Crippen molar-refractivity contribution in [3.63, 3.8) is 0 Å². The molecule has 1 N–H and O–H groups in total. The lowest BCUT2D eigenvalue weighted by molar-refractivity contribution is 0.331. The van der Waals surface area contributed by atoms with Crippen LogP contribution in [0.3, 0.4) is 0 Å². The van der Waals surface area contributed by atoms with E-state index in [4.69, 9.17) is 11.6 Å². The second-order valence-electron chi connectivity index (χ2n) is 3.78. The van der Waals surface area contributed by atoms with Gasteiger partial charge in [0.1, 0.15) is 0 Å². The van der Waals surface area contributed by atoms with Gasteiger partial charge in [-0.2, -0.15) is 0 Å². The number of nitrogens with one attached hydrogen (secondary N) is 1. The zero-order valence-corrected chi connectivity index (χ0v) is 8.67. The third-order valence-corrected chi connectivity index (χ3v) is 1.99. The summed E-state index contributed by atoms with van der Waals surface area (Å²) in [5.41, 5.74) is 0.358. The summed E-state index contributed by atoms with van der Waals surface area (Å²) < 4.78 is 0. The second kappa shape index (κ2) is 5.84. The second-order valence-corrected chi connectivity index (χ2v) is 4.16. The maximum atomic E-state index is 5.67. The van der Waals surface area contributed by atoms with Gasteiger partial charge in [0.2, 0.25) is 0 Å². The summed E-state index contributed by atoms with van der Waals surface area (Å²) in [5, 5.41) is 3.40. The van der Waals surface area contributed by atoms with Crippen molar-refractivity contribution in [1.29, 1.82) is 0 Å². The SMILES string of the molecule is CCCNCC(C)(C)CCCl. The van der Waals surface area contributed by atoms with Crippen LogP contribution in [0.25, 0.3) is 0 Å². The summed E-state index contributed by atoms with van der Waals surface area (Å²) in [4.78, 5) is 0. The molecule has 1 nitrogen and oxygen atoms in total. The van der Waals surface area contributed by atoms with E-state index in [1.807, 2.05) is 0 Å². The minimum Gasteiger partial charge on any atom is -0.316 e. The van der Waals surface area contributed by atoms with E-state index < -0.39 is 0 Å². The number of halogens is 1. The standard InChI is InChI=1S/C9H20ClN/c1-4-7-11-8-9(2,3)5-6-10/h11H,4-8H2,1-3H3. The number of rotatable bonds is 6. The Kier molecular flexibility index (Phi) is 5.98. The molecule has 0 saturated heterocycles. The van der Waals surface area contributed by atoms with Gasteiger partial charge >= 0.3 is 0 Å². The molecule has 0 aromatic rings. The first-order valence-electron chi connectivity index (χ1n) is 4.39. The summed E-state index contributed by atoms with van der Waals surface area (Å²) in [7, 11) is 0. The predicted molar refractivity (Wildman–Crippen MR) is 52.3 cm³/mol. The molecular formula is C9H20ClN. The van der Waals surface area contributed by atoms with Crippen LogP contribution in [-0.4, -0.2) is 19.0 Å². The fourth-order valence-corrected chi connectivity index (χ4v) is 1.46. The van der Waals surface area contributed by atoms with Crippen molar-refractivity contribution in [1.82, 2.24) is 5.32 Å². The summed E-state index contributed by atoms with van der Waals surface area (Å²) in [6.45, 7) is 8.87. The van der Waals surface area contributed by atoms with Gasteiger partial charge in [-0.1, -0.05) is 20.8 Å². The Hall–Kier alpha value is 0.250. The Bertz CT molecular complexity index is 91.6. The van der Waals surface area contributed by atoms with Crippen molar-refractivity contribution in [2.45, 2.75) is 33.6 Å². The third kappa shape index (κ3) is 6.64. The highest BCUT2D eigenvalue weighted by Gasteiger charge is 2.15. The average Bonchev–Trinajstić information content (AvgIpc) is 1.87. The average molecular weight is 178 g/mol. The van der Waals surface area contributed by atoms with Gasteiger partial charge < -0.3 is 5.32 Å². The molecule has 0 radical (unpaired) electrons. The molecule has 0 aliphatic rings. The van der Waals surface area contributed by atoms with Crippen LogP contribution in [0.5, 0.6) is 0 Å². The Labute approximate surface area is 75.5 Å². The highest BCUT2D eigenvalue weighted by Crippen LogP contribution is 2.19. The lowest BCUT2D eigenvalue weighted by Gasteiger charge is -2.23. The molecule has 0 aliphatic heterocycles. The molecule has 0 spiro atoms. The Morgan fingerprint density at radius 2 is 2.00 bits per heavy atom. The minimum absolute atomic E-state index is 0.358. The van der Waals surface area contributed by atoms with E-state index in [9.17, 15) is 0 Å². The van der Waals surface area contributed by atoms with Crippen LogP contribution in [0.2, 0.25) is 0 Å². The predicted octanol–water partition coefficient (Wildman–Crippen LogP) is 2.64. The number of hydrogen-bond donors (Lipinski definition) is 1. The zero-order chi connectivity index (χ0) is 8.74. The quantitative estimate of drug-likeness (QED) is 0.486. The molecule has 0 heterocycles. The largest absolute Gasteiger partial charge is 0.316 e. The highest BCUT2D eigenvalue weighted by molar-refractivity contribution is 6.17. The van der Waals surface area contributed by atoms with Gasteiger partial charge in [0.25, 0.3) is 0 Å². The molecule has 0 aromatic carbocycles. The Morgan fingerprint density at radius 3 is 2.45 bits per heavy atom. The molecule has 11 heavy (non-hydrogen) atoms. The lowest BCUT2D eigenvalue weighted by atomic mass is 9.90. The van der Waals surface area contributed by atoms with Crippen LogP contribution >= 0.6 is 11.6 Å². The normalized spacial score (nSPS) is 12.0. The monoisotopic (exact) mass is 177 g/mol. The summed E-state index contributed by atoms with van der Waals surface area (Å²) in [5.74, 6) is 0.765. The van der Waals surface area contributed by atoms with Gasteiger partial charge in [0, 0.05) is 12.4 Å². The summed E-state index contributed by atoms with van der Waals surface area (Å²) in [6.07, 6.45) is 2.29. The number of hydrogen-bond acceptors (Lipinski definition) is 1. The van der Waals surface area contributed by atoms with Crippen LogP contribution in [-0.2, 0) is 0 Å². The summed E-state index contributed by atoms with van der Waals surface area (Å²) in [6, 6.07) is 0. The first-order chi connectivity index (χ1) is 5.12. The fraction of sp³-hybridized carbons (Fsp3) is 1.00. The van der Waals surface area contributed by atoms with Gasteiger partial charge in [0.05, 0.1) is 0 Å². The van der Waals surface area contributed by atoms with E-state index in [0.29, 0.717) is 5.41 Å². The van der Waals surface area contributed by atoms with Gasteiger partial charge in [0.15, 0.2) is 0 Å². The van der Waals surface area contributed by atoms with Gasteiger partial charge in [-0.25, -0.2) is 0 Å². The van der Waals surface area contributed by atoms with Crippen molar-refractivity contribution in [3.05, 3.63) is 0 Å². The van der Waals surface area contributed by atoms with E-state index >= 15 is 0 Å². The molecule has 2 heteroatoms. The maximum Gasteiger partial charge on any atom is 0.0229 e. The van der Waals surface area contributed by atoms with Crippen LogP contribution in [0, 0.1) is 5.41 Å². The van der Waals surface area contributed by atoms with Crippen LogP contribution in [0.15, 0.2) is 0 Å². The molecule has 0 bridgehead atoms. The highest BCUT2D eigenvalue weighted by atomic mass is 35.5. The van der Waals surface area contributed by atoms with Crippen molar-refractivity contribution >= 4 is 11.6 Å². The van der Waals surface area contributed by atoms with Crippen molar-refractivity contribution < 1.29 is 0 Å². The Balaban J connectivity index is 3.38. The minimum atomic E-state index is 0.358. The molecule has 0 saturated carbocycles. The first-order valence-corrected chi connectivity index (χ1v) is 4.92. The van der Waals surface area contributed by atoms with E-state index in [1.54, 1.807) is 0 Å². The Morgan fingerprint density at radius 1 is 1.36 bits per heavy atom. The van der Waals surface area contributed by atoms with Crippen molar-refractivity contribution in [2.24, 2.45) is 5.41 Å². The van der Waals surface area contributed by atoms with E-state index in [-0.39, 0.29) is 0 Å². The van der Waals surface area contributed by atoms with Crippen molar-refractivity contribution in [3.8, 4) is 0 Å². The third-order valence-electron chi connectivity index (χ3n) is 1.80. The summed E-state index contributed by atoms with van der Waals surface area (Å²) >= 11 is 5.67. The molecule has 0 aliphatic carbocycles. The maximum absolute atomic E-state index is 5.67. The van der Waals surface area contributed by atoms with Crippen LogP contribution in [0.4, 0.5) is 0 Å². The molecule has 0 unspecified atom stereocenters. The van der Waals surface area contributed by atoms with Gasteiger partial charge in [-0.15, -0.1) is 11.6 Å². The molecule has 0 amide bonds. The smallest absolute Gasteiger partial charge is 0.0229 e. The van der Waals surface area contributed by atoms with Gasteiger partial charge in [-0.3, -0.25) is 0 Å². The molecule has 0 aromatic heterocycles. The molecule has 0 fully saturated rings. The molecule has 68 valence electrons. The number of alkyl halides is 1. The molecule has 0 atom stereocenters. The van der Waals surface area contributed by atoms with E-state index in [0.717, 1.165) is 25.4 Å². The first kappa shape index (κ1) is 11.2. The topological polar surface area (TPSA) is 12.0 Å². The molecular weight excluding hydrogens is 158 g/mol. The van der Waals surface area contributed by atoms with Gasteiger partial charge in [-0.05, 0) is 24.8 Å². The van der Waals surface area contributed by atoms with E-state index in [1.165, 1.54) is 6.42 Å². The van der Waals surface area contributed by atoms with Crippen LogP contribution in [0.1, 0.15) is 33.6 Å². The van der Waals surface area contributed by atoms with E-state index in [2.05, 4.69) is 26.1 Å². The van der Waals surface area contributed by atoms with Crippen molar-refractivity contribution in [2.75, 3.05) is 19.0 Å². The zero-order valence-electron chi connectivity index (χ0n) is 7.91. The lowest BCUT2D eigenvalue weighted by Crippen LogP contribution is -2.30. The van der Waals surface area contributed by atoms with Crippen LogP contribution < -0.4 is 5.32 Å².